The molecular weight excluding hydrogens is 384 g/mol. The molecule has 0 aliphatic heterocycles. The molecule has 16 heavy (non-hydrogen) atoms. The van der Waals surface area contributed by atoms with E-state index in [1.807, 2.05) is 0 Å². The standard InChI is InChI=1S/3CH4O3S.Ag/c3*1-5(2,3)4;/h3*1H3,(H,2,3,4);/q;;;+3/p-3. The van der Waals surface area contributed by atoms with Gasteiger partial charge in [0.2, 0.25) is 0 Å². The van der Waals surface area contributed by atoms with E-state index in [0.717, 1.165) is 0 Å². The van der Waals surface area contributed by atoms with Crippen molar-refractivity contribution in [3.63, 3.8) is 0 Å². The van der Waals surface area contributed by atoms with Gasteiger partial charge in [-0.1, -0.05) is 0 Å². The second-order valence-electron chi connectivity index (χ2n) is 2.11. The Morgan fingerprint density at radius 2 is 0.562 bits per heavy atom. The van der Waals surface area contributed by atoms with Crippen LogP contribution in [-0.4, -0.2) is 57.7 Å². The Morgan fingerprint density at radius 1 is 0.562 bits per heavy atom. The molecular formula is C3H9AgO9S3. The molecule has 0 heterocycles. The maximum atomic E-state index is 9.08. The predicted octanol–water partition coefficient (Wildman–Crippen LogP) is -2.52. The largest absolute Gasteiger partial charge is 3.00 e. The average Bonchev–Trinajstić information content (AvgIpc) is 1.41. The fourth-order valence-corrected chi connectivity index (χ4v) is 0. The van der Waals surface area contributed by atoms with Crippen molar-refractivity contribution in [2.24, 2.45) is 0 Å². The van der Waals surface area contributed by atoms with Gasteiger partial charge in [0.25, 0.3) is 0 Å². The summed E-state index contributed by atoms with van der Waals surface area (Å²) < 4.78 is 81.7. The van der Waals surface area contributed by atoms with Gasteiger partial charge in [-0.05, 0) is 0 Å². The van der Waals surface area contributed by atoms with Crippen molar-refractivity contribution in [3.05, 3.63) is 0 Å². The van der Waals surface area contributed by atoms with Crippen LogP contribution in [0, 0.1) is 0 Å². The molecule has 0 aromatic carbocycles. The van der Waals surface area contributed by atoms with Gasteiger partial charge in [0.1, 0.15) is 0 Å². The maximum absolute atomic E-state index is 9.08. The van der Waals surface area contributed by atoms with Crippen molar-refractivity contribution in [1.29, 1.82) is 0 Å². The molecule has 0 saturated heterocycles. The van der Waals surface area contributed by atoms with Crippen LogP contribution in [0.3, 0.4) is 0 Å². The summed E-state index contributed by atoms with van der Waals surface area (Å²) in [5, 5.41) is 0. The van der Waals surface area contributed by atoms with Crippen molar-refractivity contribution < 1.29 is 61.3 Å². The Bertz CT molecular complexity index is 347. The van der Waals surface area contributed by atoms with E-state index in [-0.39, 0.29) is 22.4 Å². The van der Waals surface area contributed by atoms with Crippen LogP contribution in [0.1, 0.15) is 0 Å². The first kappa shape index (κ1) is 25.3. The van der Waals surface area contributed by atoms with Crippen LogP contribution in [-0.2, 0) is 52.7 Å². The Labute approximate surface area is 110 Å². The summed E-state index contributed by atoms with van der Waals surface area (Å²) in [6.45, 7) is 0. The summed E-state index contributed by atoms with van der Waals surface area (Å²) in [5.74, 6) is 0. The van der Waals surface area contributed by atoms with Gasteiger partial charge in [0.15, 0.2) is 0 Å². The fraction of sp³-hybridized carbons (Fsp3) is 1.00. The minimum Gasteiger partial charge on any atom is -0.748 e. The van der Waals surface area contributed by atoms with E-state index in [1.54, 1.807) is 0 Å². The molecule has 0 spiro atoms. The van der Waals surface area contributed by atoms with Gasteiger partial charge in [0.05, 0.1) is 30.4 Å². The van der Waals surface area contributed by atoms with Gasteiger partial charge < -0.3 is 13.7 Å². The Balaban J connectivity index is -0.0000000655. The van der Waals surface area contributed by atoms with Crippen molar-refractivity contribution >= 4 is 30.4 Å². The summed E-state index contributed by atoms with van der Waals surface area (Å²) in [4.78, 5) is 0. The molecule has 0 fully saturated rings. The summed E-state index contributed by atoms with van der Waals surface area (Å²) in [5.41, 5.74) is 0. The van der Waals surface area contributed by atoms with Gasteiger partial charge in [-0.25, -0.2) is 25.3 Å². The normalized spacial score (nSPS) is 10.9. The van der Waals surface area contributed by atoms with Crippen LogP contribution in [0.2, 0.25) is 0 Å². The van der Waals surface area contributed by atoms with Crippen LogP contribution in [0.4, 0.5) is 0 Å². The third-order valence-corrected chi connectivity index (χ3v) is 0. The summed E-state index contributed by atoms with van der Waals surface area (Å²) in [6, 6.07) is 0. The minimum absolute atomic E-state index is 0. The van der Waals surface area contributed by atoms with E-state index in [1.165, 1.54) is 0 Å². The molecule has 0 aliphatic rings. The Morgan fingerprint density at radius 3 is 0.562 bits per heavy atom. The SMILES string of the molecule is CS(=O)(=O)[O-].CS(=O)(=O)[O-].CS(=O)(=O)[O-].[Ag+3]. The van der Waals surface area contributed by atoms with Gasteiger partial charge in [0, 0.05) is 18.8 Å². The second-order valence-corrected chi connectivity index (χ2v) is 6.34. The molecule has 9 nitrogen and oxygen atoms in total. The van der Waals surface area contributed by atoms with E-state index >= 15 is 0 Å². The van der Waals surface area contributed by atoms with Gasteiger partial charge in [-0.3, -0.25) is 0 Å². The molecule has 0 unspecified atom stereocenters. The Kier molecular flexibility index (Phi) is 15.0. The number of hydrogen-bond acceptors (Lipinski definition) is 9. The first-order valence-electron chi connectivity index (χ1n) is 2.72. The quantitative estimate of drug-likeness (QED) is 0.318. The number of hydrogen-bond donors (Lipinski definition) is 0. The van der Waals surface area contributed by atoms with Crippen LogP contribution in [0.15, 0.2) is 0 Å². The van der Waals surface area contributed by atoms with Crippen LogP contribution < -0.4 is 0 Å². The van der Waals surface area contributed by atoms with Gasteiger partial charge in [-0.2, -0.15) is 0 Å². The van der Waals surface area contributed by atoms with E-state index in [0.29, 0.717) is 18.8 Å². The van der Waals surface area contributed by atoms with Crippen LogP contribution >= 0.6 is 0 Å². The molecule has 0 aromatic rings. The molecule has 0 bridgehead atoms. The summed E-state index contributed by atoms with van der Waals surface area (Å²) >= 11 is 0. The summed E-state index contributed by atoms with van der Waals surface area (Å²) in [6.07, 6.45) is 1.81. The van der Waals surface area contributed by atoms with Crippen LogP contribution in [0.5, 0.6) is 0 Å². The zero-order chi connectivity index (χ0) is 13.5. The van der Waals surface area contributed by atoms with Crippen molar-refractivity contribution in [1.82, 2.24) is 0 Å². The first-order valence-corrected chi connectivity index (χ1v) is 8.17. The monoisotopic (exact) mass is 392 g/mol. The zero-order valence-electron chi connectivity index (χ0n) is 8.20. The molecule has 0 N–H and O–H groups in total. The molecule has 0 radical (unpaired) electrons. The third kappa shape index (κ3) is 11900. The molecule has 0 amide bonds. The van der Waals surface area contributed by atoms with Crippen LogP contribution in [0.25, 0.3) is 0 Å². The topological polar surface area (TPSA) is 172 Å². The molecule has 0 aromatic heterocycles. The Hall–Kier alpha value is 0.470. The second kappa shape index (κ2) is 9.50. The van der Waals surface area contributed by atoms with Crippen molar-refractivity contribution in [2.75, 3.05) is 18.8 Å². The predicted molar refractivity (Wildman–Crippen MR) is 46.9 cm³/mol. The minimum atomic E-state index is -3.92. The molecule has 104 valence electrons. The van der Waals surface area contributed by atoms with E-state index < -0.39 is 30.4 Å². The van der Waals surface area contributed by atoms with E-state index in [4.69, 9.17) is 38.9 Å². The molecule has 0 aliphatic carbocycles. The molecule has 0 atom stereocenters. The molecule has 0 saturated carbocycles. The van der Waals surface area contributed by atoms with Crippen molar-refractivity contribution in [3.8, 4) is 0 Å². The smallest absolute Gasteiger partial charge is 0.748 e. The van der Waals surface area contributed by atoms with E-state index in [9.17, 15) is 0 Å². The van der Waals surface area contributed by atoms with E-state index in [2.05, 4.69) is 0 Å². The molecule has 13 heteroatoms. The number of rotatable bonds is 0. The first-order chi connectivity index (χ1) is 6.00. The van der Waals surface area contributed by atoms with Crippen molar-refractivity contribution in [2.45, 2.75) is 0 Å². The fourth-order valence-electron chi connectivity index (χ4n) is 0. The molecule has 0 rings (SSSR count). The maximum Gasteiger partial charge on any atom is 3.00 e. The zero-order valence-corrected chi connectivity index (χ0v) is 12.1. The van der Waals surface area contributed by atoms with Gasteiger partial charge >= 0.3 is 22.4 Å². The third-order valence-electron chi connectivity index (χ3n) is 0. The average molecular weight is 393 g/mol. The van der Waals surface area contributed by atoms with Gasteiger partial charge in [-0.15, -0.1) is 0 Å². The summed E-state index contributed by atoms with van der Waals surface area (Å²) in [7, 11) is -11.8.